The molecule has 9 nitrogen and oxygen atoms in total. The van der Waals surface area contributed by atoms with E-state index >= 15 is 0 Å². The summed E-state index contributed by atoms with van der Waals surface area (Å²) in [5.41, 5.74) is 1.51. The molecule has 0 aliphatic heterocycles. The lowest BCUT2D eigenvalue weighted by atomic mass is 10.0. The molecule has 0 fully saturated rings. The molecule has 0 bridgehead atoms. The maximum atomic E-state index is 14.2. The molecule has 5 rings (SSSR count). The summed E-state index contributed by atoms with van der Waals surface area (Å²) in [6.45, 7) is 5.24. The van der Waals surface area contributed by atoms with Gasteiger partial charge in [0.05, 0.1) is 28.4 Å². The lowest BCUT2D eigenvalue weighted by Gasteiger charge is -2.08. The number of rotatable bonds is 8. The summed E-state index contributed by atoms with van der Waals surface area (Å²) >= 11 is 0. The van der Waals surface area contributed by atoms with Crippen LogP contribution in [0.25, 0.3) is 17.0 Å². The van der Waals surface area contributed by atoms with Gasteiger partial charge in [0, 0.05) is 5.56 Å². The van der Waals surface area contributed by atoms with Crippen molar-refractivity contribution in [1.29, 1.82) is 0 Å². The molecule has 0 saturated carbocycles. The number of ketones is 1. The summed E-state index contributed by atoms with van der Waals surface area (Å²) in [5.74, 6) is -1.74. The highest BCUT2D eigenvalue weighted by molar-refractivity contribution is 7.91. The predicted octanol–water partition coefficient (Wildman–Crippen LogP) is 5.38. The monoisotopic (exact) mass is 555 g/mol. The van der Waals surface area contributed by atoms with Gasteiger partial charge in [-0.3, -0.25) is 4.79 Å². The number of carbonyl (C=O) groups is 2. The number of carbonyl (C=O) groups excluding carboxylic acids is 2. The Hall–Kier alpha value is -4.83. The number of hydrogen-bond acceptors (Lipinski definition) is 8. The molecule has 5 aromatic rings. The van der Waals surface area contributed by atoms with Gasteiger partial charge in [0.2, 0.25) is 15.6 Å². The summed E-state index contributed by atoms with van der Waals surface area (Å²) in [4.78, 5) is 26.7. The van der Waals surface area contributed by atoms with Crippen molar-refractivity contribution in [2.45, 2.75) is 30.6 Å². The molecule has 0 unspecified atom stereocenters. The first kappa shape index (κ1) is 26.8. The third kappa shape index (κ3) is 4.73. The molecule has 0 radical (unpaired) electrons. The molecule has 2 aromatic heterocycles. The van der Waals surface area contributed by atoms with Gasteiger partial charge in [-0.05, 0) is 45.0 Å². The minimum absolute atomic E-state index is 0.0397. The molecule has 0 saturated heterocycles. The minimum atomic E-state index is -4.28. The molecule has 0 spiro atoms. The second-order valence-corrected chi connectivity index (χ2v) is 10.9. The number of aromatic nitrogens is 3. The summed E-state index contributed by atoms with van der Waals surface area (Å²) in [6, 6.07) is 23.6. The van der Waals surface area contributed by atoms with Gasteiger partial charge >= 0.3 is 5.97 Å². The topological polar surface area (TPSA) is 121 Å². The van der Waals surface area contributed by atoms with Gasteiger partial charge in [0.15, 0.2) is 22.0 Å². The van der Waals surface area contributed by atoms with Crippen LogP contribution in [-0.2, 0) is 14.6 Å². The van der Waals surface area contributed by atoms with Gasteiger partial charge in [0.1, 0.15) is 0 Å². The SMILES string of the molecule is CCOC(=O)c1nn(-c2ccc(C)cc2)c(C)c1C(=O)c1noc(-c2ccccc2)c1S(=O)(=O)c1ccccc1. The average molecular weight is 556 g/mol. The van der Waals surface area contributed by atoms with E-state index in [1.54, 1.807) is 74.5 Å². The first-order valence-electron chi connectivity index (χ1n) is 12.5. The van der Waals surface area contributed by atoms with Crippen LogP contribution in [0.3, 0.4) is 0 Å². The first-order valence-corrected chi connectivity index (χ1v) is 14.0. The van der Waals surface area contributed by atoms with Gasteiger partial charge in [-0.1, -0.05) is 71.4 Å². The van der Waals surface area contributed by atoms with Crippen LogP contribution < -0.4 is 0 Å². The van der Waals surface area contributed by atoms with Gasteiger partial charge in [-0.2, -0.15) is 5.10 Å². The fourth-order valence-corrected chi connectivity index (χ4v) is 5.87. The Bertz CT molecular complexity index is 1810. The number of esters is 1. The fraction of sp³-hybridized carbons (Fsp3) is 0.133. The quantitative estimate of drug-likeness (QED) is 0.185. The normalized spacial score (nSPS) is 11.4. The zero-order chi connectivity index (χ0) is 28.4. The number of sulfone groups is 1. The van der Waals surface area contributed by atoms with E-state index in [9.17, 15) is 18.0 Å². The van der Waals surface area contributed by atoms with Crippen molar-refractivity contribution in [2.75, 3.05) is 6.61 Å². The van der Waals surface area contributed by atoms with Gasteiger partial charge in [0.25, 0.3) is 0 Å². The zero-order valence-corrected chi connectivity index (χ0v) is 22.8. The molecule has 0 amide bonds. The molecule has 0 aliphatic rings. The van der Waals surface area contributed by atoms with Crippen LogP contribution in [0, 0.1) is 13.8 Å². The van der Waals surface area contributed by atoms with E-state index in [2.05, 4.69) is 10.3 Å². The van der Waals surface area contributed by atoms with E-state index in [1.165, 1.54) is 16.8 Å². The van der Waals surface area contributed by atoms with Crippen molar-refractivity contribution in [3.8, 4) is 17.0 Å². The molecule has 0 N–H and O–H groups in total. The number of hydrogen-bond donors (Lipinski definition) is 0. The fourth-order valence-electron chi connectivity index (χ4n) is 4.34. The molecular weight excluding hydrogens is 530 g/mol. The number of ether oxygens (including phenoxy) is 1. The Balaban J connectivity index is 1.75. The Morgan fingerprint density at radius 1 is 0.875 bits per heavy atom. The third-order valence-corrected chi connectivity index (χ3v) is 8.12. The Kier molecular flexibility index (Phi) is 7.19. The lowest BCUT2D eigenvalue weighted by Crippen LogP contribution is -2.15. The second-order valence-electron chi connectivity index (χ2n) is 8.98. The van der Waals surface area contributed by atoms with Crippen LogP contribution in [0.15, 0.2) is 99.2 Å². The predicted molar refractivity (Wildman–Crippen MR) is 146 cm³/mol. The first-order chi connectivity index (χ1) is 19.2. The van der Waals surface area contributed by atoms with E-state index in [0.717, 1.165) is 5.56 Å². The van der Waals surface area contributed by atoms with Crippen molar-refractivity contribution in [3.63, 3.8) is 0 Å². The van der Waals surface area contributed by atoms with Crippen molar-refractivity contribution in [2.24, 2.45) is 0 Å². The van der Waals surface area contributed by atoms with Crippen molar-refractivity contribution < 1.29 is 27.3 Å². The average Bonchev–Trinajstić information content (AvgIpc) is 3.57. The highest BCUT2D eigenvalue weighted by atomic mass is 32.2. The highest BCUT2D eigenvalue weighted by Crippen LogP contribution is 2.36. The molecule has 10 heteroatoms. The Labute approximate surface area is 230 Å². The summed E-state index contributed by atoms with van der Waals surface area (Å²) in [6.07, 6.45) is 0. The summed E-state index contributed by atoms with van der Waals surface area (Å²) in [7, 11) is -4.28. The van der Waals surface area contributed by atoms with Crippen molar-refractivity contribution in [3.05, 3.63) is 113 Å². The molecule has 202 valence electrons. The standard InChI is InChI=1S/C30H25N3O6S/c1-4-38-30(35)25-24(20(3)33(31-25)22-17-15-19(2)16-18-22)27(34)26-29(40(36,37)23-13-9-6-10-14-23)28(39-32-26)21-11-7-5-8-12-21/h5-18H,4H2,1-3H3. The highest BCUT2D eigenvalue weighted by Gasteiger charge is 2.38. The van der Waals surface area contributed by atoms with Gasteiger partial charge in [-0.15, -0.1) is 0 Å². The van der Waals surface area contributed by atoms with Crippen molar-refractivity contribution in [1.82, 2.24) is 14.9 Å². The van der Waals surface area contributed by atoms with E-state index in [4.69, 9.17) is 9.26 Å². The third-order valence-electron chi connectivity index (χ3n) is 6.31. The maximum Gasteiger partial charge on any atom is 0.359 e. The van der Waals surface area contributed by atoms with Crippen LogP contribution in [-0.4, -0.2) is 41.7 Å². The van der Waals surface area contributed by atoms with Crippen LogP contribution in [0.4, 0.5) is 0 Å². The van der Waals surface area contributed by atoms with Crippen LogP contribution in [0.1, 0.15) is 44.7 Å². The van der Waals surface area contributed by atoms with E-state index in [0.29, 0.717) is 16.9 Å². The maximum absolute atomic E-state index is 14.2. The van der Waals surface area contributed by atoms with Gasteiger partial charge < -0.3 is 9.26 Å². The lowest BCUT2D eigenvalue weighted by molar-refractivity contribution is 0.0516. The molecule has 3 aromatic carbocycles. The number of aryl methyl sites for hydroxylation is 1. The zero-order valence-electron chi connectivity index (χ0n) is 22.0. The molecule has 0 atom stereocenters. The number of nitrogens with zero attached hydrogens (tertiary/aromatic N) is 3. The molecule has 2 heterocycles. The summed E-state index contributed by atoms with van der Waals surface area (Å²) < 4.78 is 40.1. The molecular formula is C30H25N3O6S. The van der Waals surface area contributed by atoms with Crippen LogP contribution in [0.5, 0.6) is 0 Å². The number of benzene rings is 3. The largest absolute Gasteiger partial charge is 0.461 e. The smallest absolute Gasteiger partial charge is 0.359 e. The molecule has 40 heavy (non-hydrogen) atoms. The Morgan fingerprint density at radius 2 is 1.50 bits per heavy atom. The minimum Gasteiger partial charge on any atom is -0.461 e. The summed E-state index contributed by atoms with van der Waals surface area (Å²) in [5, 5.41) is 8.35. The van der Waals surface area contributed by atoms with E-state index in [-0.39, 0.29) is 28.5 Å². The molecule has 0 aliphatic carbocycles. The van der Waals surface area contributed by atoms with Gasteiger partial charge in [-0.25, -0.2) is 17.9 Å². The second kappa shape index (κ2) is 10.7. The van der Waals surface area contributed by atoms with Crippen LogP contribution in [0.2, 0.25) is 0 Å². The van der Waals surface area contributed by atoms with E-state index < -0.39 is 32.2 Å². The van der Waals surface area contributed by atoms with E-state index in [1.807, 2.05) is 19.1 Å². The van der Waals surface area contributed by atoms with Crippen LogP contribution >= 0.6 is 0 Å². The van der Waals surface area contributed by atoms with Crippen molar-refractivity contribution >= 4 is 21.6 Å². The Morgan fingerprint density at radius 3 is 2.12 bits per heavy atom.